The van der Waals surface area contributed by atoms with Crippen LogP contribution >= 0.6 is 0 Å². The van der Waals surface area contributed by atoms with Gasteiger partial charge in [-0.05, 0) is 32.1 Å². The van der Waals surface area contributed by atoms with Gasteiger partial charge in [0.2, 0.25) is 0 Å². The summed E-state index contributed by atoms with van der Waals surface area (Å²) in [5, 5.41) is 3.26. The number of aromatic nitrogens is 2. The maximum atomic E-state index is 5.95. The van der Waals surface area contributed by atoms with E-state index in [1.165, 1.54) is 43.4 Å². The van der Waals surface area contributed by atoms with Gasteiger partial charge in [0.15, 0.2) is 5.82 Å². The van der Waals surface area contributed by atoms with E-state index in [1.807, 2.05) is 14.2 Å². The summed E-state index contributed by atoms with van der Waals surface area (Å²) in [6.07, 6.45) is 10.5. The molecule has 0 atom stereocenters. The number of hydrogen-bond donors (Lipinski definition) is 1. The number of methoxy groups -OCH3 is 1. The molecule has 1 saturated carbocycles. The predicted octanol–water partition coefficient (Wildman–Crippen LogP) is 3.20. The molecule has 3 rings (SSSR count). The van der Waals surface area contributed by atoms with E-state index in [-0.39, 0.29) is 5.60 Å². The second-order valence-electron chi connectivity index (χ2n) is 6.04. The molecule has 4 nitrogen and oxygen atoms in total. The Labute approximate surface area is 121 Å². The Balaban J connectivity index is 2.03. The van der Waals surface area contributed by atoms with E-state index in [0.717, 1.165) is 37.3 Å². The van der Waals surface area contributed by atoms with Crippen LogP contribution in [0.5, 0.6) is 0 Å². The van der Waals surface area contributed by atoms with Gasteiger partial charge in [0.05, 0.1) is 0 Å². The van der Waals surface area contributed by atoms with E-state index in [1.54, 1.807) is 0 Å². The maximum absolute atomic E-state index is 5.95. The first kappa shape index (κ1) is 13.8. The summed E-state index contributed by atoms with van der Waals surface area (Å²) in [6, 6.07) is 0. The van der Waals surface area contributed by atoms with Crippen molar-refractivity contribution in [1.29, 1.82) is 0 Å². The van der Waals surface area contributed by atoms with E-state index in [2.05, 4.69) is 5.32 Å². The van der Waals surface area contributed by atoms with Gasteiger partial charge in [0, 0.05) is 25.4 Å². The average molecular weight is 275 g/mol. The zero-order valence-electron chi connectivity index (χ0n) is 12.7. The highest BCUT2D eigenvalue weighted by Crippen LogP contribution is 2.39. The standard InChI is InChI=1S/C16H25N3O/c1-17-14-12-8-7-9-13(12)18-15(19-14)16(20-2)10-5-3-4-6-11-16/h3-11H2,1-2H3,(H,17,18,19). The normalized spacial score (nSPS) is 21.3. The lowest BCUT2D eigenvalue weighted by Crippen LogP contribution is -2.31. The largest absolute Gasteiger partial charge is 0.373 e. The average Bonchev–Trinajstić information content (AvgIpc) is 2.82. The number of hydrogen-bond acceptors (Lipinski definition) is 4. The first-order valence-corrected chi connectivity index (χ1v) is 7.92. The fraction of sp³-hybridized carbons (Fsp3) is 0.750. The molecular weight excluding hydrogens is 250 g/mol. The molecule has 110 valence electrons. The highest BCUT2D eigenvalue weighted by Gasteiger charge is 2.37. The Hall–Kier alpha value is -1.16. The minimum atomic E-state index is -0.264. The Kier molecular flexibility index (Phi) is 3.92. The van der Waals surface area contributed by atoms with Crippen molar-refractivity contribution < 1.29 is 4.74 Å². The molecule has 1 heterocycles. The fourth-order valence-corrected chi connectivity index (χ4v) is 3.66. The van der Waals surface area contributed by atoms with Crippen LogP contribution in [-0.4, -0.2) is 24.1 Å². The van der Waals surface area contributed by atoms with Crippen LogP contribution in [0.3, 0.4) is 0 Å². The third kappa shape index (κ3) is 2.30. The molecule has 0 unspecified atom stereocenters. The quantitative estimate of drug-likeness (QED) is 0.861. The minimum Gasteiger partial charge on any atom is -0.373 e. The number of nitrogens with zero attached hydrogens (tertiary/aromatic N) is 2. The SMILES string of the molecule is CNc1nc(C2(OC)CCCCCC2)nc2c1CCC2. The summed E-state index contributed by atoms with van der Waals surface area (Å²) in [7, 11) is 3.78. The Morgan fingerprint density at radius 1 is 1.00 bits per heavy atom. The van der Waals surface area contributed by atoms with Gasteiger partial charge in [-0.1, -0.05) is 25.7 Å². The van der Waals surface area contributed by atoms with Crippen LogP contribution in [0, 0.1) is 0 Å². The molecule has 2 aliphatic carbocycles. The smallest absolute Gasteiger partial charge is 0.162 e. The molecule has 1 fully saturated rings. The van der Waals surface area contributed by atoms with Crippen LogP contribution in [-0.2, 0) is 23.2 Å². The van der Waals surface area contributed by atoms with E-state index in [9.17, 15) is 0 Å². The molecule has 0 saturated heterocycles. The summed E-state index contributed by atoms with van der Waals surface area (Å²) < 4.78 is 5.95. The lowest BCUT2D eigenvalue weighted by atomic mass is 9.92. The number of anilines is 1. The zero-order chi connectivity index (χ0) is 14.0. The van der Waals surface area contributed by atoms with Crippen molar-refractivity contribution in [2.24, 2.45) is 0 Å². The first-order valence-electron chi connectivity index (χ1n) is 7.92. The Morgan fingerprint density at radius 3 is 2.40 bits per heavy atom. The highest BCUT2D eigenvalue weighted by atomic mass is 16.5. The molecule has 0 radical (unpaired) electrons. The predicted molar refractivity (Wildman–Crippen MR) is 80.0 cm³/mol. The number of rotatable bonds is 3. The van der Waals surface area contributed by atoms with Gasteiger partial charge < -0.3 is 10.1 Å². The molecule has 1 aromatic rings. The van der Waals surface area contributed by atoms with E-state index < -0.39 is 0 Å². The summed E-state index contributed by atoms with van der Waals surface area (Å²) in [5.41, 5.74) is 2.29. The van der Waals surface area contributed by atoms with Crippen molar-refractivity contribution >= 4 is 5.82 Å². The summed E-state index contributed by atoms with van der Waals surface area (Å²) >= 11 is 0. The molecule has 2 aliphatic rings. The van der Waals surface area contributed by atoms with Crippen LogP contribution in [0.1, 0.15) is 62.0 Å². The fourth-order valence-electron chi connectivity index (χ4n) is 3.66. The van der Waals surface area contributed by atoms with E-state index >= 15 is 0 Å². The van der Waals surface area contributed by atoms with E-state index in [0.29, 0.717) is 0 Å². The van der Waals surface area contributed by atoms with Gasteiger partial charge in [-0.3, -0.25) is 0 Å². The van der Waals surface area contributed by atoms with Gasteiger partial charge in [-0.15, -0.1) is 0 Å². The van der Waals surface area contributed by atoms with Crippen LogP contribution < -0.4 is 5.32 Å². The van der Waals surface area contributed by atoms with Crippen molar-refractivity contribution in [1.82, 2.24) is 9.97 Å². The lowest BCUT2D eigenvalue weighted by molar-refractivity contribution is -0.0351. The molecule has 0 amide bonds. The van der Waals surface area contributed by atoms with Crippen LogP contribution in [0.25, 0.3) is 0 Å². The minimum absolute atomic E-state index is 0.264. The van der Waals surface area contributed by atoms with Gasteiger partial charge in [-0.25, -0.2) is 9.97 Å². The second-order valence-corrected chi connectivity index (χ2v) is 6.04. The van der Waals surface area contributed by atoms with Gasteiger partial charge in [0.1, 0.15) is 11.4 Å². The van der Waals surface area contributed by atoms with Crippen molar-refractivity contribution in [3.05, 3.63) is 17.1 Å². The molecule has 4 heteroatoms. The number of aryl methyl sites for hydroxylation is 1. The summed E-state index contributed by atoms with van der Waals surface area (Å²) in [4.78, 5) is 9.72. The molecule has 1 N–H and O–H groups in total. The molecule has 20 heavy (non-hydrogen) atoms. The topological polar surface area (TPSA) is 47.0 Å². The van der Waals surface area contributed by atoms with E-state index in [4.69, 9.17) is 14.7 Å². The van der Waals surface area contributed by atoms with Gasteiger partial charge >= 0.3 is 0 Å². The zero-order valence-corrected chi connectivity index (χ0v) is 12.7. The second kappa shape index (κ2) is 5.68. The van der Waals surface area contributed by atoms with Crippen molar-refractivity contribution in [3.63, 3.8) is 0 Å². The molecule has 0 spiro atoms. The van der Waals surface area contributed by atoms with Gasteiger partial charge in [-0.2, -0.15) is 0 Å². The number of ether oxygens (including phenoxy) is 1. The third-order valence-electron chi connectivity index (χ3n) is 4.88. The molecule has 1 aromatic heterocycles. The van der Waals surface area contributed by atoms with Crippen molar-refractivity contribution in [2.45, 2.75) is 63.4 Å². The number of fused-ring (bicyclic) bond motifs is 1. The Morgan fingerprint density at radius 2 is 1.75 bits per heavy atom. The molecule has 0 bridgehead atoms. The Bertz CT molecular complexity index is 479. The lowest BCUT2D eigenvalue weighted by Gasteiger charge is -2.30. The summed E-state index contributed by atoms with van der Waals surface area (Å²) in [6.45, 7) is 0. The van der Waals surface area contributed by atoms with Crippen LogP contribution in [0.15, 0.2) is 0 Å². The molecule has 0 aliphatic heterocycles. The third-order valence-corrected chi connectivity index (χ3v) is 4.88. The van der Waals surface area contributed by atoms with Crippen molar-refractivity contribution in [2.75, 3.05) is 19.5 Å². The van der Waals surface area contributed by atoms with Crippen LogP contribution in [0.4, 0.5) is 5.82 Å². The maximum Gasteiger partial charge on any atom is 0.162 e. The molecular formula is C16H25N3O. The summed E-state index contributed by atoms with van der Waals surface area (Å²) in [5.74, 6) is 1.93. The number of nitrogens with one attached hydrogen (secondary N) is 1. The molecule has 0 aromatic carbocycles. The first-order chi connectivity index (χ1) is 9.79. The van der Waals surface area contributed by atoms with Gasteiger partial charge in [0.25, 0.3) is 0 Å². The van der Waals surface area contributed by atoms with Crippen LogP contribution in [0.2, 0.25) is 0 Å². The highest BCUT2D eigenvalue weighted by molar-refractivity contribution is 5.48. The monoisotopic (exact) mass is 275 g/mol. The van der Waals surface area contributed by atoms with Crippen molar-refractivity contribution in [3.8, 4) is 0 Å².